The van der Waals surface area contributed by atoms with Gasteiger partial charge in [-0.2, -0.15) is 0 Å². The Hall–Kier alpha value is -0.910. The van der Waals surface area contributed by atoms with Gasteiger partial charge in [-0.15, -0.1) is 0 Å². The van der Waals surface area contributed by atoms with Crippen molar-refractivity contribution >= 4 is 10.0 Å². The maximum absolute atomic E-state index is 12.4. The highest BCUT2D eigenvalue weighted by molar-refractivity contribution is 7.89. The van der Waals surface area contributed by atoms with E-state index >= 15 is 0 Å². The lowest BCUT2D eigenvalue weighted by Crippen LogP contribution is -2.40. The molecule has 0 amide bonds. The Morgan fingerprint density at radius 1 is 1.29 bits per heavy atom. The molecule has 116 valence electrons. The molecule has 1 unspecified atom stereocenters. The first-order valence-electron chi connectivity index (χ1n) is 7.56. The van der Waals surface area contributed by atoms with Gasteiger partial charge in [0.1, 0.15) is 0 Å². The first-order valence-corrected chi connectivity index (χ1v) is 9.04. The molecule has 0 saturated heterocycles. The summed E-state index contributed by atoms with van der Waals surface area (Å²) in [6.07, 6.45) is 1.56. The summed E-state index contributed by atoms with van der Waals surface area (Å²) in [5, 5.41) is 9.29. The average Bonchev–Trinajstić information content (AvgIpc) is 2.79. The number of hydrogen-bond acceptors (Lipinski definition) is 3. The summed E-state index contributed by atoms with van der Waals surface area (Å²) >= 11 is 0. The fourth-order valence-electron chi connectivity index (χ4n) is 4.32. The van der Waals surface area contributed by atoms with Crippen molar-refractivity contribution in [3.05, 3.63) is 30.3 Å². The normalized spacial score (nSPS) is 33.7. The molecule has 2 aliphatic carbocycles. The second kappa shape index (κ2) is 5.07. The van der Waals surface area contributed by atoms with Gasteiger partial charge in [-0.3, -0.25) is 0 Å². The second-order valence-electron chi connectivity index (χ2n) is 6.91. The van der Waals surface area contributed by atoms with Crippen molar-refractivity contribution in [1.29, 1.82) is 0 Å². The van der Waals surface area contributed by atoms with Crippen molar-refractivity contribution < 1.29 is 13.5 Å². The van der Waals surface area contributed by atoms with E-state index in [1.807, 2.05) is 0 Å². The molecule has 1 aromatic rings. The van der Waals surface area contributed by atoms with Crippen LogP contribution in [0.2, 0.25) is 0 Å². The predicted molar refractivity (Wildman–Crippen MR) is 81.1 cm³/mol. The standard InChI is InChI=1S/C16H23NO3S/c1-16(2)13-10-14(12(8-9-18)15(13)16)17-21(19,20)11-6-4-3-5-7-11/h3-7,12-15,17-18H,8-10H2,1-2H3/t12-,13+,14+,15?/m0/s1. The molecule has 0 aliphatic heterocycles. The molecule has 2 N–H and O–H groups in total. The van der Waals surface area contributed by atoms with Crippen LogP contribution in [0.3, 0.4) is 0 Å². The van der Waals surface area contributed by atoms with Gasteiger partial charge in [-0.1, -0.05) is 32.0 Å². The molecule has 3 rings (SSSR count). The van der Waals surface area contributed by atoms with Crippen LogP contribution in [0, 0.1) is 23.2 Å². The number of nitrogens with one attached hydrogen (secondary N) is 1. The molecule has 2 fully saturated rings. The van der Waals surface area contributed by atoms with Gasteiger partial charge in [0.25, 0.3) is 0 Å². The van der Waals surface area contributed by atoms with Crippen LogP contribution >= 0.6 is 0 Å². The van der Waals surface area contributed by atoms with E-state index in [1.54, 1.807) is 30.3 Å². The van der Waals surface area contributed by atoms with Crippen molar-refractivity contribution in [2.75, 3.05) is 6.61 Å². The number of benzene rings is 1. The van der Waals surface area contributed by atoms with Crippen molar-refractivity contribution in [2.24, 2.45) is 23.2 Å². The van der Waals surface area contributed by atoms with Gasteiger partial charge in [-0.05, 0) is 48.1 Å². The number of aliphatic hydroxyl groups excluding tert-OH is 1. The van der Waals surface area contributed by atoms with Crippen LogP contribution in [0.15, 0.2) is 35.2 Å². The third-order valence-electron chi connectivity index (χ3n) is 5.45. The third-order valence-corrected chi connectivity index (χ3v) is 6.95. The van der Waals surface area contributed by atoms with Crippen LogP contribution in [-0.4, -0.2) is 26.2 Å². The van der Waals surface area contributed by atoms with Crippen molar-refractivity contribution in [3.8, 4) is 0 Å². The second-order valence-corrected chi connectivity index (χ2v) is 8.62. The van der Waals surface area contributed by atoms with Gasteiger partial charge in [-0.25, -0.2) is 13.1 Å². The van der Waals surface area contributed by atoms with Crippen LogP contribution in [0.25, 0.3) is 0 Å². The molecule has 21 heavy (non-hydrogen) atoms. The minimum absolute atomic E-state index is 0.0506. The Labute approximate surface area is 126 Å². The molecule has 5 heteroatoms. The smallest absolute Gasteiger partial charge is 0.240 e. The first-order chi connectivity index (χ1) is 9.88. The summed E-state index contributed by atoms with van der Waals surface area (Å²) in [4.78, 5) is 0.313. The summed E-state index contributed by atoms with van der Waals surface area (Å²) in [5.74, 6) is 1.36. The summed E-state index contributed by atoms with van der Waals surface area (Å²) in [5.41, 5.74) is 0.300. The Morgan fingerprint density at radius 3 is 2.57 bits per heavy atom. The van der Waals surface area contributed by atoms with E-state index < -0.39 is 10.0 Å². The maximum Gasteiger partial charge on any atom is 0.240 e. The molecule has 0 radical (unpaired) electrons. The number of aliphatic hydroxyl groups is 1. The first kappa shape index (κ1) is 15.0. The highest BCUT2D eigenvalue weighted by Gasteiger charge is 2.66. The Bertz CT molecular complexity index is 612. The lowest BCUT2D eigenvalue weighted by molar-refractivity contribution is 0.217. The fourth-order valence-corrected chi connectivity index (χ4v) is 5.64. The van der Waals surface area contributed by atoms with Crippen LogP contribution in [-0.2, 0) is 10.0 Å². The van der Waals surface area contributed by atoms with Gasteiger partial charge in [0.2, 0.25) is 10.0 Å². The summed E-state index contributed by atoms with van der Waals surface area (Å²) in [6.45, 7) is 4.61. The van der Waals surface area contributed by atoms with Crippen LogP contribution < -0.4 is 4.72 Å². The van der Waals surface area contributed by atoms with Crippen molar-refractivity contribution in [2.45, 2.75) is 37.6 Å². The predicted octanol–water partition coefficient (Wildman–Crippen LogP) is 2.01. The van der Waals surface area contributed by atoms with Gasteiger partial charge in [0.15, 0.2) is 0 Å². The van der Waals surface area contributed by atoms with Crippen molar-refractivity contribution in [1.82, 2.24) is 4.72 Å². The number of rotatable bonds is 5. The third kappa shape index (κ3) is 2.51. The number of fused-ring (bicyclic) bond motifs is 1. The Kier molecular flexibility index (Phi) is 3.62. The molecule has 1 aromatic carbocycles. The fraction of sp³-hybridized carbons (Fsp3) is 0.625. The molecule has 0 spiro atoms. The van der Waals surface area contributed by atoms with Gasteiger partial charge >= 0.3 is 0 Å². The van der Waals surface area contributed by atoms with Gasteiger partial charge < -0.3 is 5.11 Å². The SMILES string of the molecule is CC1(C)C2[C@@H](CCO)[C@H](NS(=O)(=O)c3ccccc3)C[C@H]21. The summed E-state index contributed by atoms with van der Waals surface area (Å²) < 4.78 is 27.8. The zero-order valence-electron chi connectivity index (χ0n) is 12.5. The molecular weight excluding hydrogens is 286 g/mol. The van der Waals surface area contributed by atoms with Crippen molar-refractivity contribution in [3.63, 3.8) is 0 Å². The van der Waals surface area contributed by atoms with E-state index in [0.717, 1.165) is 6.42 Å². The Morgan fingerprint density at radius 2 is 1.95 bits per heavy atom. The van der Waals surface area contributed by atoms with E-state index in [2.05, 4.69) is 18.6 Å². The van der Waals surface area contributed by atoms with E-state index in [1.165, 1.54) is 0 Å². The minimum Gasteiger partial charge on any atom is -0.396 e. The van der Waals surface area contributed by atoms with E-state index in [9.17, 15) is 13.5 Å². The molecule has 2 aliphatic rings. The van der Waals surface area contributed by atoms with E-state index in [4.69, 9.17) is 0 Å². The van der Waals surface area contributed by atoms with Gasteiger partial charge in [0.05, 0.1) is 4.90 Å². The highest BCUT2D eigenvalue weighted by atomic mass is 32.2. The molecule has 0 aromatic heterocycles. The molecule has 0 bridgehead atoms. The number of sulfonamides is 1. The topological polar surface area (TPSA) is 66.4 Å². The minimum atomic E-state index is -3.47. The average molecular weight is 309 g/mol. The quantitative estimate of drug-likeness (QED) is 0.874. The van der Waals surface area contributed by atoms with E-state index in [-0.39, 0.29) is 18.6 Å². The zero-order chi connectivity index (χ0) is 15.3. The molecule has 4 nitrogen and oxygen atoms in total. The van der Waals surface area contributed by atoms with Gasteiger partial charge in [0, 0.05) is 12.6 Å². The number of hydrogen-bond donors (Lipinski definition) is 2. The lowest BCUT2D eigenvalue weighted by atomic mass is 9.87. The molecule has 2 saturated carbocycles. The summed E-state index contributed by atoms with van der Waals surface area (Å²) in [7, 11) is -3.47. The highest BCUT2D eigenvalue weighted by Crippen LogP contribution is 2.69. The maximum atomic E-state index is 12.4. The van der Waals surface area contributed by atoms with Crippen LogP contribution in [0.1, 0.15) is 26.7 Å². The molecular formula is C16H23NO3S. The molecule has 4 atom stereocenters. The van der Waals surface area contributed by atoms with Crippen LogP contribution in [0.4, 0.5) is 0 Å². The summed E-state index contributed by atoms with van der Waals surface area (Å²) in [6, 6.07) is 8.45. The largest absolute Gasteiger partial charge is 0.396 e. The molecule has 0 heterocycles. The van der Waals surface area contributed by atoms with E-state index in [0.29, 0.717) is 28.6 Å². The zero-order valence-corrected chi connectivity index (χ0v) is 13.3. The van der Waals surface area contributed by atoms with Crippen LogP contribution in [0.5, 0.6) is 0 Å². The lowest BCUT2D eigenvalue weighted by Gasteiger charge is -2.27. The Balaban J connectivity index is 1.76. The monoisotopic (exact) mass is 309 g/mol.